The van der Waals surface area contributed by atoms with E-state index < -0.39 is 12.2 Å². The van der Waals surface area contributed by atoms with E-state index in [4.69, 9.17) is 5.73 Å². The van der Waals surface area contributed by atoms with Crippen LogP contribution in [0.5, 0.6) is 0 Å². The lowest BCUT2D eigenvalue weighted by molar-refractivity contribution is 0.0243. The summed E-state index contributed by atoms with van der Waals surface area (Å²) in [6.07, 6.45) is -0.854. The van der Waals surface area contributed by atoms with Gasteiger partial charge >= 0.3 is 0 Å². The quantitative estimate of drug-likeness (QED) is 0.659. The van der Waals surface area contributed by atoms with Gasteiger partial charge in [0.2, 0.25) is 0 Å². The smallest absolute Gasteiger partial charge is 0.106 e. The maximum absolute atomic E-state index is 9.68. The highest BCUT2D eigenvalue weighted by molar-refractivity contribution is 5.25. The third-order valence-corrected chi connectivity index (χ3v) is 2.31. The van der Waals surface area contributed by atoms with Gasteiger partial charge in [-0.1, -0.05) is 31.2 Å². The van der Waals surface area contributed by atoms with Crippen molar-refractivity contribution in [1.82, 2.24) is 0 Å². The molecule has 0 radical (unpaired) electrons. The minimum absolute atomic E-state index is 0.0670. The van der Waals surface area contributed by atoms with E-state index >= 15 is 0 Å². The van der Waals surface area contributed by atoms with Crippen molar-refractivity contribution >= 4 is 0 Å². The van der Waals surface area contributed by atoms with Crippen LogP contribution in [-0.4, -0.2) is 22.9 Å². The monoisotopic (exact) mass is 195 g/mol. The molecule has 2 unspecified atom stereocenters. The van der Waals surface area contributed by atoms with Crippen LogP contribution in [0.15, 0.2) is 24.3 Å². The second kappa shape index (κ2) is 5.10. The molecule has 0 saturated heterocycles. The molecule has 0 heterocycles. The van der Waals surface area contributed by atoms with E-state index in [9.17, 15) is 10.2 Å². The molecule has 2 atom stereocenters. The first-order valence-electron chi connectivity index (χ1n) is 4.84. The first-order chi connectivity index (χ1) is 6.69. The van der Waals surface area contributed by atoms with Crippen LogP contribution in [-0.2, 0) is 6.42 Å². The fraction of sp³-hybridized carbons (Fsp3) is 0.455. The number of hydrogen-bond donors (Lipinski definition) is 3. The second-order valence-corrected chi connectivity index (χ2v) is 3.35. The van der Waals surface area contributed by atoms with E-state index in [1.807, 2.05) is 25.1 Å². The Morgan fingerprint density at radius 2 is 2.07 bits per heavy atom. The van der Waals surface area contributed by atoms with Crippen molar-refractivity contribution in [2.24, 2.45) is 5.73 Å². The Morgan fingerprint density at radius 1 is 1.36 bits per heavy atom. The summed E-state index contributed by atoms with van der Waals surface area (Å²) in [7, 11) is 0. The minimum Gasteiger partial charge on any atom is -0.389 e. The van der Waals surface area contributed by atoms with E-state index in [2.05, 4.69) is 0 Å². The zero-order valence-electron chi connectivity index (χ0n) is 8.35. The normalized spacial score (nSPS) is 15.1. The van der Waals surface area contributed by atoms with Gasteiger partial charge < -0.3 is 15.9 Å². The first kappa shape index (κ1) is 11.2. The molecule has 0 amide bonds. The van der Waals surface area contributed by atoms with Crippen LogP contribution in [0, 0.1) is 0 Å². The largest absolute Gasteiger partial charge is 0.389 e. The predicted octanol–water partition coefficient (Wildman–Crippen LogP) is 0.602. The van der Waals surface area contributed by atoms with E-state index in [1.165, 1.54) is 0 Å². The molecule has 0 saturated carbocycles. The molecule has 1 aromatic rings. The third-order valence-electron chi connectivity index (χ3n) is 2.31. The SMILES string of the molecule is CCc1cccc(C(O)C(O)CN)c1. The van der Waals surface area contributed by atoms with Crippen molar-refractivity contribution in [3.63, 3.8) is 0 Å². The summed E-state index contributed by atoms with van der Waals surface area (Å²) in [5.74, 6) is 0. The van der Waals surface area contributed by atoms with Crippen LogP contribution in [0.2, 0.25) is 0 Å². The summed E-state index contributed by atoms with van der Waals surface area (Å²) in [5, 5.41) is 19.0. The molecule has 1 rings (SSSR count). The van der Waals surface area contributed by atoms with Gasteiger partial charge in [0.1, 0.15) is 6.10 Å². The zero-order chi connectivity index (χ0) is 10.6. The number of benzene rings is 1. The summed E-state index contributed by atoms with van der Waals surface area (Å²) in [6.45, 7) is 2.11. The summed E-state index contributed by atoms with van der Waals surface area (Å²) >= 11 is 0. The molecule has 0 bridgehead atoms. The third kappa shape index (κ3) is 2.54. The number of nitrogens with two attached hydrogens (primary N) is 1. The van der Waals surface area contributed by atoms with Crippen LogP contribution >= 0.6 is 0 Å². The highest BCUT2D eigenvalue weighted by Gasteiger charge is 2.16. The fourth-order valence-corrected chi connectivity index (χ4v) is 1.35. The Hall–Kier alpha value is -0.900. The number of aryl methyl sites for hydroxylation is 1. The van der Waals surface area contributed by atoms with Crippen molar-refractivity contribution in [2.75, 3.05) is 6.54 Å². The highest BCUT2D eigenvalue weighted by atomic mass is 16.3. The Kier molecular flexibility index (Phi) is 4.07. The lowest BCUT2D eigenvalue weighted by Gasteiger charge is -2.16. The van der Waals surface area contributed by atoms with Crippen molar-refractivity contribution in [2.45, 2.75) is 25.6 Å². The molecule has 0 aliphatic carbocycles. The van der Waals surface area contributed by atoms with Gasteiger partial charge in [-0.3, -0.25) is 0 Å². The minimum atomic E-state index is -0.887. The lowest BCUT2D eigenvalue weighted by Crippen LogP contribution is -2.27. The van der Waals surface area contributed by atoms with Crippen LogP contribution in [0.4, 0.5) is 0 Å². The van der Waals surface area contributed by atoms with Gasteiger partial charge in [0.15, 0.2) is 0 Å². The summed E-state index contributed by atoms with van der Waals surface area (Å²) < 4.78 is 0. The van der Waals surface area contributed by atoms with Gasteiger partial charge in [0, 0.05) is 6.54 Å². The molecule has 4 N–H and O–H groups in total. The number of hydrogen-bond acceptors (Lipinski definition) is 3. The Balaban J connectivity index is 2.83. The van der Waals surface area contributed by atoms with Gasteiger partial charge in [-0.15, -0.1) is 0 Å². The van der Waals surface area contributed by atoms with Gasteiger partial charge in [-0.2, -0.15) is 0 Å². The molecule has 3 heteroatoms. The molecule has 0 aromatic heterocycles. The molecular weight excluding hydrogens is 178 g/mol. The zero-order valence-corrected chi connectivity index (χ0v) is 8.35. The van der Waals surface area contributed by atoms with Crippen molar-refractivity contribution in [3.8, 4) is 0 Å². The van der Waals surface area contributed by atoms with Gasteiger partial charge in [-0.25, -0.2) is 0 Å². The average molecular weight is 195 g/mol. The maximum atomic E-state index is 9.68. The van der Waals surface area contributed by atoms with Crippen molar-refractivity contribution in [3.05, 3.63) is 35.4 Å². The average Bonchev–Trinajstić information content (AvgIpc) is 2.27. The summed E-state index contributed by atoms with van der Waals surface area (Å²) in [5.41, 5.74) is 7.14. The van der Waals surface area contributed by atoms with Gasteiger partial charge in [0.05, 0.1) is 6.10 Å². The van der Waals surface area contributed by atoms with Crippen LogP contribution in [0.3, 0.4) is 0 Å². The molecule has 0 aliphatic rings. The van der Waals surface area contributed by atoms with Crippen LogP contribution in [0.1, 0.15) is 24.2 Å². The van der Waals surface area contributed by atoms with Crippen LogP contribution in [0.25, 0.3) is 0 Å². The van der Waals surface area contributed by atoms with E-state index in [1.54, 1.807) is 6.07 Å². The molecule has 1 aromatic carbocycles. The standard InChI is InChI=1S/C11H17NO2/c1-2-8-4-3-5-9(6-8)11(14)10(13)7-12/h3-6,10-11,13-14H,2,7,12H2,1H3. The summed E-state index contributed by atoms with van der Waals surface area (Å²) in [6, 6.07) is 7.55. The highest BCUT2D eigenvalue weighted by Crippen LogP contribution is 2.17. The Labute approximate surface area is 84.2 Å². The number of aliphatic hydroxyl groups excluding tert-OH is 2. The van der Waals surface area contributed by atoms with E-state index in [0.717, 1.165) is 17.5 Å². The predicted molar refractivity (Wildman–Crippen MR) is 55.8 cm³/mol. The molecule has 78 valence electrons. The fourth-order valence-electron chi connectivity index (χ4n) is 1.35. The molecular formula is C11H17NO2. The molecule has 0 fully saturated rings. The second-order valence-electron chi connectivity index (χ2n) is 3.35. The molecule has 14 heavy (non-hydrogen) atoms. The number of rotatable bonds is 4. The van der Waals surface area contributed by atoms with E-state index in [-0.39, 0.29) is 6.54 Å². The van der Waals surface area contributed by atoms with Crippen molar-refractivity contribution < 1.29 is 10.2 Å². The molecule has 3 nitrogen and oxygen atoms in total. The Morgan fingerprint density at radius 3 is 2.64 bits per heavy atom. The van der Waals surface area contributed by atoms with Gasteiger partial charge in [-0.05, 0) is 17.5 Å². The maximum Gasteiger partial charge on any atom is 0.106 e. The Bertz CT molecular complexity index is 288. The summed E-state index contributed by atoms with van der Waals surface area (Å²) in [4.78, 5) is 0. The molecule has 0 aliphatic heterocycles. The van der Waals surface area contributed by atoms with Gasteiger partial charge in [0.25, 0.3) is 0 Å². The van der Waals surface area contributed by atoms with E-state index in [0.29, 0.717) is 0 Å². The number of aliphatic hydroxyl groups is 2. The topological polar surface area (TPSA) is 66.5 Å². The lowest BCUT2D eigenvalue weighted by atomic mass is 10.0. The van der Waals surface area contributed by atoms with Crippen LogP contribution < -0.4 is 5.73 Å². The molecule has 0 spiro atoms. The first-order valence-corrected chi connectivity index (χ1v) is 4.84. The van der Waals surface area contributed by atoms with Crippen molar-refractivity contribution in [1.29, 1.82) is 0 Å².